The van der Waals surface area contributed by atoms with E-state index >= 15 is 0 Å². The Morgan fingerprint density at radius 1 is 1.04 bits per heavy atom. The summed E-state index contributed by atoms with van der Waals surface area (Å²) in [7, 11) is 0. The fourth-order valence-corrected chi connectivity index (χ4v) is 5.42. The molecule has 1 nitrogen and oxygen atoms in total. The molecule has 1 aromatic carbocycles. The van der Waals surface area contributed by atoms with E-state index in [9.17, 15) is 4.39 Å². The van der Waals surface area contributed by atoms with E-state index in [0.717, 1.165) is 30.1 Å². The molecule has 3 rings (SSSR count). The van der Waals surface area contributed by atoms with Gasteiger partial charge in [-0.3, -0.25) is 0 Å². The molecule has 156 valence electrons. The fraction of sp³-hybridized carbons (Fsp3) is 0.680. The lowest BCUT2D eigenvalue weighted by Crippen LogP contribution is -2.25. The standard InChI is InChI=1S/C25H36ClFO/c1-3-28-23-17-16-22(25(27)24(23)26)7-5-4-6-19-10-14-21(15-11-19)20-12-8-18(2)9-13-20/h5,7,16-21H,3-4,6,8-15H2,1-2H3/b7-5+. The zero-order valence-electron chi connectivity index (χ0n) is 17.6. The average molecular weight is 407 g/mol. The smallest absolute Gasteiger partial charge is 0.152 e. The summed E-state index contributed by atoms with van der Waals surface area (Å²) in [5.74, 6) is 3.82. The van der Waals surface area contributed by atoms with Crippen LogP contribution in [-0.2, 0) is 0 Å². The van der Waals surface area contributed by atoms with Gasteiger partial charge in [0.05, 0.1) is 6.61 Å². The number of rotatable bonds is 7. The molecule has 0 aliphatic heterocycles. The summed E-state index contributed by atoms with van der Waals surface area (Å²) in [6, 6.07) is 3.50. The van der Waals surface area contributed by atoms with Crippen LogP contribution in [0.15, 0.2) is 18.2 Å². The van der Waals surface area contributed by atoms with Crippen LogP contribution in [0, 0.1) is 29.5 Å². The van der Waals surface area contributed by atoms with Crippen LogP contribution in [0.25, 0.3) is 6.08 Å². The van der Waals surface area contributed by atoms with E-state index in [1.807, 2.05) is 13.0 Å². The van der Waals surface area contributed by atoms with Crippen LogP contribution in [0.2, 0.25) is 5.02 Å². The third kappa shape index (κ3) is 5.75. The molecule has 2 aliphatic rings. The quantitative estimate of drug-likeness (QED) is 0.442. The molecule has 0 amide bonds. The van der Waals surface area contributed by atoms with Crippen LogP contribution < -0.4 is 4.74 Å². The molecule has 0 N–H and O–H groups in total. The van der Waals surface area contributed by atoms with Crippen molar-refractivity contribution >= 4 is 17.7 Å². The second-order valence-electron chi connectivity index (χ2n) is 8.99. The van der Waals surface area contributed by atoms with Crippen LogP contribution in [0.1, 0.15) is 83.6 Å². The van der Waals surface area contributed by atoms with Crippen molar-refractivity contribution in [3.8, 4) is 5.75 Å². The first-order chi connectivity index (χ1) is 13.6. The predicted octanol–water partition coefficient (Wildman–Crippen LogP) is 8.30. The molecule has 0 saturated heterocycles. The largest absolute Gasteiger partial charge is 0.492 e. The molecule has 1 aromatic rings. The second-order valence-corrected chi connectivity index (χ2v) is 9.37. The van der Waals surface area contributed by atoms with Crippen molar-refractivity contribution in [2.45, 2.75) is 78.1 Å². The van der Waals surface area contributed by atoms with E-state index in [-0.39, 0.29) is 10.8 Å². The van der Waals surface area contributed by atoms with E-state index < -0.39 is 0 Å². The van der Waals surface area contributed by atoms with Gasteiger partial charge in [0.1, 0.15) is 10.8 Å². The van der Waals surface area contributed by atoms with Crippen molar-refractivity contribution in [3.63, 3.8) is 0 Å². The fourth-order valence-electron chi connectivity index (χ4n) is 5.19. The summed E-state index contributed by atoms with van der Waals surface area (Å²) in [6.07, 6.45) is 17.6. The molecule has 0 heterocycles. The van der Waals surface area contributed by atoms with Crippen LogP contribution in [0.3, 0.4) is 0 Å². The molecule has 0 unspecified atom stereocenters. The molecule has 2 aliphatic carbocycles. The van der Waals surface area contributed by atoms with Gasteiger partial charge in [0.15, 0.2) is 5.82 Å². The van der Waals surface area contributed by atoms with Crippen LogP contribution in [0.4, 0.5) is 4.39 Å². The lowest BCUT2D eigenvalue weighted by molar-refractivity contribution is 0.148. The van der Waals surface area contributed by atoms with Crippen molar-refractivity contribution in [2.75, 3.05) is 6.61 Å². The summed E-state index contributed by atoms with van der Waals surface area (Å²) >= 11 is 6.06. The third-order valence-electron chi connectivity index (χ3n) is 7.03. The van der Waals surface area contributed by atoms with Gasteiger partial charge in [0.2, 0.25) is 0 Å². The highest BCUT2D eigenvalue weighted by Crippen LogP contribution is 2.42. The summed E-state index contributed by atoms with van der Waals surface area (Å²) < 4.78 is 19.7. The Bertz CT molecular complexity index is 640. The highest BCUT2D eigenvalue weighted by Gasteiger charge is 2.29. The molecule has 2 fully saturated rings. The van der Waals surface area contributed by atoms with E-state index in [1.54, 1.807) is 12.1 Å². The van der Waals surface area contributed by atoms with E-state index in [4.69, 9.17) is 16.3 Å². The summed E-state index contributed by atoms with van der Waals surface area (Å²) in [5.41, 5.74) is 0.545. The highest BCUT2D eigenvalue weighted by atomic mass is 35.5. The number of halogens is 2. The Balaban J connectivity index is 1.41. The first-order valence-electron chi connectivity index (χ1n) is 11.4. The Morgan fingerprint density at radius 3 is 2.32 bits per heavy atom. The SMILES string of the molecule is CCOc1ccc(/C=C/CCC2CCC(C3CCC(C)CC3)CC2)c(F)c1Cl. The monoisotopic (exact) mass is 406 g/mol. The van der Waals surface area contributed by atoms with Crippen molar-refractivity contribution in [1.82, 2.24) is 0 Å². The molecule has 0 spiro atoms. The summed E-state index contributed by atoms with van der Waals surface area (Å²) in [4.78, 5) is 0. The van der Waals surface area contributed by atoms with Gasteiger partial charge in [-0.05, 0) is 81.3 Å². The topological polar surface area (TPSA) is 9.23 Å². The van der Waals surface area contributed by atoms with Gasteiger partial charge in [0.25, 0.3) is 0 Å². The minimum atomic E-state index is -0.383. The van der Waals surface area contributed by atoms with Crippen molar-refractivity contribution in [2.24, 2.45) is 23.7 Å². The van der Waals surface area contributed by atoms with Crippen LogP contribution in [-0.4, -0.2) is 6.61 Å². The molecule has 3 heteroatoms. The second kappa shape index (κ2) is 10.7. The molecule has 0 bridgehead atoms. The molecule has 0 aromatic heterocycles. The van der Waals surface area contributed by atoms with E-state index in [2.05, 4.69) is 13.0 Å². The number of hydrogen-bond donors (Lipinski definition) is 0. The predicted molar refractivity (Wildman–Crippen MR) is 117 cm³/mol. The van der Waals surface area contributed by atoms with Crippen molar-refractivity contribution < 1.29 is 9.13 Å². The minimum absolute atomic E-state index is 0.0828. The van der Waals surface area contributed by atoms with Gasteiger partial charge in [-0.25, -0.2) is 4.39 Å². The Morgan fingerprint density at radius 2 is 1.68 bits per heavy atom. The van der Waals surface area contributed by atoms with Crippen LogP contribution in [0.5, 0.6) is 5.75 Å². The van der Waals surface area contributed by atoms with Gasteiger partial charge in [-0.2, -0.15) is 0 Å². The Labute approximate surface area is 175 Å². The third-order valence-corrected chi connectivity index (χ3v) is 7.39. The number of hydrogen-bond acceptors (Lipinski definition) is 1. The lowest BCUT2D eigenvalue weighted by atomic mass is 9.69. The maximum atomic E-state index is 14.3. The number of ether oxygens (including phenoxy) is 1. The molecule has 0 atom stereocenters. The maximum Gasteiger partial charge on any atom is 0.152 e. The molecular weight excluding hydrogens is 371 g/mol. The maximum absolute atomic E-state index is 14.3. The summed E-state index contributed by atoms with van der Waals surface area (Å²) in [6.45, 7) is 4.76. The summed E-state index contributed by atoms with van der Waals surface area (Å²) in [5, 5.41) is 0.0828. The molecule has 0 radical (unpaired) electrons. The van der Waals surface area contributed by atoms with Gasteiger partial charge in [-0.1, -0.05) is 56.4 Å². The van der Waals surface area contributed by atoms with Gasteiger partial charge >= 0.3 is 0 Å². The van der Waals surface area contributed by atoms with E-state index in [0.29, 0.717) is 17.9 Å². The molecule has 2 saturated carbocycles. The molecule has 28 heavy (non-hydrogen) atoms. The van der Waals surface area contributed by atoms with Gasteiger partial charge in [0, 0.05) is 5.56 Å². The highest BCUT2D eigenvalue weighted by molar-refractivity contribution is 6.32. The number of allylic oxidation sites excluding steroid dienone is 1. The normalized spacial score (nSPS) is 28.6. The van der Waals surface area contributed by atoms with E-state index in [1.165, 1.54) is 57.8 Å². The average Bonchev–Trinajstić information content (AvgIpc) is 2.71. The van der Waals surface area contributed by atoms with Crippen molar-refractivity contribution in [3.05, 3.63) is 34.6 Å². The lowest BCUT2D eigenvalue weighted by Gasteiger charge is -2.37. The first-order valence-corrected chi connectivity index (χ1v) is 11.7. The Kier molecular flexibility index (Phi) is 8.26. The zero-order chi connectivity index (χ0) is 19.9. The zero-order valence-corrected chi connectivity index (χ0v) is 18.3. The first kappa shape index (κ1) is 21.7. The van der Waals surface area contributed by atoms with Gasteiger partial charge < -0.3 is 4.74 Å². The Hall–Kier alpha value is -1.02. The number of benzene rings is 1. The molecular formula is C25H36ClFO. The van der Waals surface area contributed by atoms with Crippen LogP contribution >= 0.6 is 11.6 Å². The minimum Gasteiger partial charge on any atom is -0.492 e. The van der Waals surface area contributed by atoms with Gasteiger partial charge in [-0.15, -0.1) is 0 Å². The van der Waals surface area contributed by atoms with Crippen molar-refractivity contribution in [1.29, 1.82) is 0 Å².